The van der Waals surface area contributed by atoms with E-state index >= 15 is 0 Å². The van der Waals surface area contributed by atoms with Crippen LogP contribution in [0, 0.1) is 0 Å². The van der Waals surface area contributed by atoms with E-state index in [0.717, 1.165) is 31.2 Å². The average molecular weight is 221 g/mol. The third-order valence-corrected chi connectivity index (χ3v) is 3.00. The third kappa shape index (κ3) is 3.06. The number of benzene rings is 1. The Morgan fingerprint density at radius 1 is 1.25 bits per heavy atom. The van der Waals surface area contributed by atoms with Crippen LogP contribution in [0.1, 0.15) is 44.2 Å². The molecule has 0 aliphatic rings. The molecule has 0 spiro atoms. The highest BCUT2D eigenvalue weighted by Crippen LogP contribution is 2.26. The lowest BCUT2D eigenvalue weighted by molar-refractivity contribution is 0.0359. The van der Waals surface area contributed by atoms with E-state index in [1.165, 1.54) is 5.56 Å². The lowest BCUT2D eigenvalue weighted by Gasteiger charge is -2.27. The Kier molecular flexibility index (Phi) is 4.97. The molecule has 0 aromatic heterocycles. The first-order chi connectivity index (χ1) is 7.66. The van der Waals surface area contributed by atoms with Crippen molar-refractivity contribution in [2.24, 2.45) is 5.73 Å². The maximum Gasteiger partial charge on any atom is 0.102 e. The van der Waals surface area contributed by atoms with Crippen molar-refractivity contribution in [3.63, 3.8) is 0 Å². The van der Waals surface area contributed by atoms with E-state index in [1.54, 1.807) is 0 Å². The van der Waals surface area contributed by atoms with Gasteiger partial charge >= 0.3 is 0 Å². The molecule has 1 rings (SSSR count). The first-order valence-electron chi connectivity index (χ1n) is 6.18. The van der Waals surface area contributed by atoms with E-state index in [9.17, 15) is 5.11 Å². The number of aliphatic hydroxyl groups is 1. The van der Waals surface area contributed by atoms with E-state index in [1.807, 2.05) is 12.1 Å². The number of hydrogen-bond donors (Lipinski definition) is 2. The van der Waals surface area contributed by atoms with Crippen molar-refractivity contribution >= 4 is 0 Å². The first kappa shape index (κ1) is 13.2. The zero-order chi connectivity index (χ0) is 12.0. The normalized spacial score (nSPS) is 14.8. The summed E-state index contributed by atoms with van der Waals surface area (Å²) in [6.07, 6.45) is 3.84. The first-order valence-corrected chi connectivity index (χ1v) is 6.18. The second kappa shape index (κ2) is 6.02. The lowest BCUT2D eigenvalue weighted by Crippen LogP contribution is -2.34. The Bertz CT molecular complexity index is 324. The molecule has 0 aliphatic carbocycles. The van der Waals surface area contributed by atoms with Crippen LogP contribution in [-0.4, -0.2) is 11.7 Å². The zero-order valence-electron chi connectivity index (χ0n) is 10.4. The van der Waals surface area contributed by atoms with Gasteiger partial charge in [0.25, 0.3) is 0 Å². The van der Waals surface area contributed by atoms with Crippen LogP contribution < -0.4 is 5.73 Å². The van der Waals surface area contributed by atoms with Gasteiger partial charge in [-0.3, -0.25) is 0 Å². The Hall–Kier alpha value is -0.860. The summed E-state index contributed by atoms with van der Waals surface area (Å²) >= 11 is 0. The molecule has 0 aliphatic heterocycles. The molecule has 16 heavy (non-hydrogen) atoms. The summed E-state index contributed by atoms with van der Waals surface area (Å²) < 4.78 is 0. The zero-order valence-corrected chi connectivity index (χ0v) is 10.4. The van der Waals surface area contributed by atoms with Crippen molar-refractivity contribution in [2.75, 3.05) is 6.54 Å². The molecule has 1 atom stereocenters. The predicted molar refractivity (Wildman–Crippen MR) is 68.3 cm³/mol. The highest BCUT2D eigenvalue weighted by atomic mass is 16.3. The molecule has 2 heteroatoms. The molecule has 0 saturated carbocycles. The van der Waals surface area contributed by atoms with Crippen LogP contribution in [0.25, 0.3) is 0 Å². The minimum Gasteiger partial charge on any atom is -0.384 e. The molecule has 0 fully saturated rings. The van der Waals surface area contributed by atoms with Gasteiger partial charge in [-0.05, 0) is 24.0 Å². The smallest absolute Gasteiger partial charge is 0.102 e. The van der Waals surface area contributed by atoms with Crippen LogP contribution in [0.5, 0.6) is 0 Å². The average Bonchev–Trinajstić information content (AvgIpc) is 2.30. The van der Waals surface area contributed by atoms with Crippen LogP contribution in [0.3, 0.4) is 0 Å². The minimum atomic E-state index is -0.849. The van der Waals surface area contributed by atoms with Crippen molar-refractivity contribution in [1.29, 1.82) is 0 Å². The van der Waals surface area contributed by atoms with E-state index in [-0.39, 0.29) is 6.54 Å². The van der Waals surface area contributed by atoms with E-state index < -0.39 is 5.60 Å². The second-order valence-electron chi connectivity index (χ2n) is 4.44. The van der Waals surface area contributed by atoms with Crippen LogP contribution in [0.2, 0.25) is 0 Å². The molecule has 3 N–H and O–H groups in total. The summed E-state index contributed by atoms with van der Waals surface area (Å²) in [5, 5.41) is 10.5. The summed E-state index contributed by atoms with van der Waals surface area (Å²) in [6, 6.07) is 8.18. The summed E-state index contributed by atoms with van der Waals surface area (Å²) in [4.78, 5) is 0. The van der Waals surface area contributed by atoms with Gasteiger partial charge in [0.2, 0.25) is 0 Å². The van der Waals surface area contributed by atoms with Crippen molar-refractivity contribution in [2.45, 2.75) is 45.1 Å². The van der Waals surface area contributed by atoms with Crippen molar-refractivity contribution < 1.29 is 5.11 Å². The van der Waals surface area contributed by atoms with E-state index in [0.29, 0.717) is 0 Å². The maximum atomic E-state index is 10.5. The fourth-order valence-electron chi connectivity index (χ4n) is 2.08. The van der Waals surface area contributed by atoms with E-state index in [2.05, 4.69) is 26.0 Å². The predicted octanol–water partition coefficient (Wildman–Crippen LogP) is 2.59. The number of rotatable bonds is 6. The monoisotopic (exact) mass is 221 g/mol. The fraction of sp³-hybridized carbons (Fsp3) is 0.571. The molecule has 0 amide bonds. The van der Waals surface area contributed by atoms with Crippen molar-refractivity contribution in [3.05, 3.63) is 35.4 Å². The lowest BCUT2D eigenvalue weighted by atomic mass is 9.88. The Morgan fingerprint density at radius 2 is 2.00 bits per heavy atom. The summed E-state index contributed by atoms with van der Waals surface area (Å²) in [5.41, 5.74) is 7.09. The Balaban J connectivity index is 2.96. The standard InChI is InChI=1S/C14H23NO/c1-3-6-12-7-5-8-13(10-12)14(16,11-15)9-4-2/h5,7-8,10,16H,3-4,6,9,11,15H2,1-2H3. The fourth-order valence-corrected chi connectivity index (χ4v) is 2.08. The molecule has 0 saturated heterocycles. The van der Waals surface area contributed by atoms with Gasteiger partial charge in [0.1, 0.15) is 5.60 Å². The van der Waals surface area contributed by atoms with Crippen LogP contribution in [0.15, 0.2) is 24.3 Å². The molecule has 0 radical (unpaired) electrons. The van der Waals surface area contributed by atoms with Gasteiger partial charge in [-0.25, -0.2) is 0 Å². The topological polar surface area (TPSA) is 46.2 Å². The Labute approximate surface area is 98.5 Å². The highest BCUT2D eigenvalue weighted by molar-refractivity contribution is 5.28. The summed E-state index contributed by atoms with van der Waals surface area (Å²) in [7, 11) is 0. The maximum absolute atomic E-state index is 10.5. The molecular weight excluding hydrogens is 198 g/mol. The van der Waals surface area contributed by atoms with Gasteiger partial charge in [-0.15, -0.1) is 0 Å². The molecule has 90 valence electrons. The van der Waals surface area contributed by atoms with Gasteiger partial charge in [0.15, 0.2) is 0 Å². The van der Waals surface area contributed by atoms with Crippen LogP contribution in [-0.2, 0) is 12.0 Å². The number of hydrogen-bond acceptors (Lipinski definition) is 2. The SMILES string of the molecule is CCCc1cccc(C(O)(CN)CCC)c1. The molecule has 1 aromatic rings. The molecular formula is C14H23NO. The molecule has 1 aromatic carbocycles. The third-order valence-electron chi connectivity index (χ3n) is 3.00. The van der Waals surface area contributed by atoms with Crippen LogP contribution >= 0.6 is 0 Å². The minimum absolute atomic E-state index is 0.288. The summed E-state index contributed by atoms with van der Waals surface area (Å²) in [5.74, 6) is 0. The largest absolute Gasteiger partial charge is 0.384 e. The second-order valence-corrected chi connectivity index (χ2v) is 4.44. The van der Waals surface area contributed by atoms with Crippen LogP contribution in [0.4, 0.5) is 0 Å². The molecule has 0 bridgehead atoms. The Morgan fingerprint density at radius 3 is 2.56 bits per heavy atom. The number of aryl methyl sites for hydroxylation is 1. The summed E-state index contributed by atoms with van der Waals surface area (Å²) in [6.45, 7) is 4.51. The highest BCUT2D eigenvalue weighted by Gasteiger charge is 2.26. The van der Waals surface area contributed by atoms with Gasteiger partial charge in [-0.1, -0.05) is 51.0 Å². The van der Waals surface area contributed by atoms with Crippen molar-refractivity contribution in [1.82, 2.24) is 0 Å². The molecule has 0 heterocycles. The molecule has 2 nitrogen and oxygen atoms in total. The van der Waals surface area contributed by atoms with Gasteiger partial charge in [0.05, 0.1) is 0 Å². The van der Waals surface area contributed by atoms with Gasteiger partial charge in [0, 0.05) is 6.54 Å². The van der Waals surface area contributed by atoms with E-state index in [4.69, 9.17) is 5.73 Å². The quantitative estimate of drug-likeness (QED) is 0.775. The van der Waals surface area contributed by atoms with Gasteiger partial charge < -0.3 is 10.8 Å². The van der Waals surface area contributed by atoms with Gasteiger partial charge in [-0.2, -0.15) is 0 Å². The van der Waals surface area contributed by atoms with Crippen molar-refractivity contribution in [3.8, 4) is 0 Å². The number of nitrogens with two attached hydrogens (primary N) is 1. The molecule has 1 unspecified atom stereocenters.